The number of anilines is 2. The molecule has 1 aromatic rings. The number of hydrogen-bond acceptors (Lipinski definition) is 7. The number of benzene rings is 1. The van der Waals surface area contributed by atoms with Crippen molar-refractivity contribution in [1.82, 2.24) is 0 Å². The minimum Gasteiger partial charge on any atom is -0.462 e. The molecule has 2 atom stereocenters. The Balaban J connectivity index is 2.02. The van der Waals surface area contributed by atoms with E-state index in [9.17, 15) is 14.9 Å². The van der Waals surface area contributed by atoms with Crippen LogP contribution in [0.3, 0.4) is 0 Å². The van der Waals surface area contributed by atoms with E-state index in [4.69, 9.17) is 9.47 Å². The van der Waals surface area contributed by atoms with E-state index in [-0.39, 0.29) is 17.9 Å². The molecule has 2 aliphatic rings. The third-order valence-corrected chi connectivity index (χ3v) is 4.66. The van der Waals surface area contributed by atoms with E-state index in [0.717, 1.165) is 26.3 Å². The van der Waals surface area contributed by atoms with Gasteiger partial charge in [-0.1, -0.05) is 0 Å². The standard InChI is InChI=1S/C16H21N3O5/c1-3-24-16(20)12-4-15(19(21)22)13(17-2)5-14(12)18-6-10-8-23-9-11(10)7-18/h4-5,10-11,17H,3,6-9H2,1-2H3. The zero-order chi connectivity index (χ0) is 17.3. The molecule has 2 aliphatic heterocycles. The molecule has 1 N–H and O–H groups in total. The van der Waals surface area contributed by atoms with Crippen LogP contribution in [0.2, 0.25) is 0 Å². The van der Waals surface area contributed by atoms with E-state index in [2.05, 4.69) is 10.2 Å². The average Bonchev–Trinajstić information content (AvgIpc) is 3.15. The Hall–Kier alpha value is -2.35. The predicted octanol–water partition coefficient (Wildman–Crippen LogP) is 1.90. The van der Waals surface area contributed by atoms with Crippen molar-refractivity contribution >= 4 is 23.0 Å². The zero-order valence-electron chi connectivity index (χ0n) is 13.8. The second-order valence-corrected chi connectivity index (χ2v) is 6.08. The molecule has 0 amide bonds. The van der Waals surface area contributed by atoms with Gasteiger partial charge in [-0.05, 0) is 13.0 Å². The number of nitrogens with zero attached hydrogens (tertiary/aromatic N) is 2. The van der Waals surface area contributed by atoms with Crippen LogP contribution in [0.15, 0.2) is 12.1 Å². The summed E-state index contributed by atoms with van der Waals surface area (Å²) in [6, 6.07) is 2.98. The van der Waals surface area contributed by atoms with Gasteiger partial charge >= 0.3 is 5.97 Å². The molecule has 0 aliphatic carbocycles. The van der Waals surface area contributed by atoms with E-state index in [0.29, 0.717) is 23.2 Å². The highest BCUT2D eigenvalue weighted by Gasteiger charge is 2.39. The summed E-state index contributed by atoms with van der Waals surface area (Å²) in [7, 11) is 1.63. The maximum atomic E-state index is 12.3. The maximum absolute atomic E-state index is 12.3. The summed E-state index contributed by atoms with van der Waals surface area (Å²) >= 11 is 0. The van der Waals surface area contributed by atoms with Gasteiger partial charge < -0.3 is 19.7 Å². The summed E-state index contributed by atoms with van der Waals surface area (Å²) in [6.07, 6.45) is 0. The zero-order valence-corrected chi connectivity index (χ0v) is 13.8. The van der Waals surface area contributed by atoms with Crippen molar-refractivity contribution in [3.63, 3.8) is 0 Å². The third-order valence-electron chi connectivity index (χ3n) is 4.66. The third kappa shape index (κ3) is 2.89. The lowest BCUT2D eigenvalue weighted by Crippen LogP contribution is -2.25. The smallest absolute Gasteiger partial charge is 0.340 e. The fourth-order valence-electron chi connectivity index (χ4n) is 3.45. The number of esters is 1. The van der Waals surface area contributed by atoms with Gasteiger partial charge in [-0.3, -0.25) is 10.1 Å². The van der Waals surface area contributed by atoms with Crippen molar-refractivity contribution in [2.75, 3.05) is 50.2 Å². The van der Waals surface area contributed by atoms with E-state index >= 15 is 0 Å². The first-order valence-electron chi connectivity index (χ1n) is 8.05. The van der Waals surface area contributed by atoms with Gasteiger partial charge in [-0.25, -0.2) is 4.79 Å². The number of carbonyl (C=O) groups is 1. The maximum Gasteiger partial charge on any atom is 0.340 e. The van der Waals surface area contributed by atoms with Crippen LogP contribution >= 0.6 is 0 Å². The van der Waals surface area contributed by atoms with Crippen molar-refractivity contribution in [2.24, 2.45) is 11.8 Å². The minimum atomic E-state index is -0.536. The van der Waals surface area contributed by atoms with Gasteiger partial charge in [0.1, 0.15) is 5.69 Å². The van der Waals surface area contributed by atoms with Crippen molar-refractivity contribution in [3.8, 4) is 0 Å². The van der Waals surface area contributed by atoms with Crippen LogP contribution in [0.25, 0.3) is 0 Å². The first kappa shape index (κ1) is 16.5. The largest absolute Gasteiger partial charge is 0.462 e. The summed E-state index contributed by atoms with van der Waals surface area (Å²) in [5, 5.41) is 14.1. The van der Waals surface area contributed by atoms with Gasteiger partial charge in [0.15, 0.2) is 0 Å². The highest BCUT2D eigenvalue weighted by atomic mass is 16.6. The second-order valence-electron chi connectivity index (χ2n) is 6.08. The first-order valence-corrected chi connectivity index (χ1v) is 8.05. The average molecular weight is 335 g/mol. The van der Waals surface area contributed by atoms with Gasteiger partial charge in [-0.15, -0.1) is 0 Å². The van der Waals surface area contributed by atoms with Crippen LogP contribution in [0, 0.1) is 22.0 Å². The highest BCUT2D eigenvalue weighted by Crippen LogP contribution is 2.38. The summed E-state index contributed by atoms with van der Waals surface area (Å²) in [4.78, 5) is 25.2. The van der Waals surface area contributed by atoms with Crippen molar-refractivity contribution in [1.29, 1.82) is 0 Å². The number of carbonyl (C=O) groups excluding carboxylic acids is 1. The Kier molecular flexibility index (Phi) is 4.57. The van der Waals surface area contributed by atoms with Crippen molar-refractivity contribution < 1.29 is 19.2 Å². The first-order chi connectivity index (χ1) is 11.5. The summed E-state index contributed by atoms with van der Waals surface area (Å²) in [6.45, 7) is 4.93. The molecule has 0 aromatic heterocycles. The minimum absolute atomic E-state index is 0.132. The Morgan fingerprint density at radius 1 is 1.42 bits per heavy atom. The number of nitrogens with one attached hydrogen (secondary N) is 1. The summed E-state index contributed by atoms with van der Waals surface area (Å²) in [5.74, 6) is 0.341. The number of fused-ring (bicyclic) bond motifs is 1. The molecule has 1 aromatic carbocycles. The van der Waals surface area contributed by atoms with Crippen LogP contribution in [0.5, 0.6) is 0 Å². The van der Waals surface area contributed by atoms with Gasteiger partial charge in [0, 0.05) is 38.0 Å². The van der Waals surface area contributed by atoms with E-state index in [1.165, 1.54) is 6.07 Å². The van der Waals surface area contributed by atoms with Crippen LogP contribution in [-0.2, 0) is 9.47 Å². The summed E-state index contributed by atoms with van der Waals surface area (Å²) < 4.78 is 10.6. The Labute approximate surface area is 139 Å². The van der Waals surface area contributed by atoms with Gasteiger partial charge in [0.05, 0.1) is 36.0 Å². The molecule has 2 heterocycles. The monoisotopic (exact) mass is 335 g/mol. The number of hydrogen-bond donors (Lipinski definition) is 1. The molecule has 0 saturated carbocycles. The van der Waals surface area contributed by atoms with Crippen LogP contribution in [0.4, 0.5) is 17.1 Å². The highest BCUT2D eigenvalue weighted by molar-refractivity contribution is 5.98. The van der Waals surface area contributed by atoms with E-state index in [1.54, 1.807) is 20.0 Å². The SMILES string of the molecule is CCOC(=O)c1cc([N+](=O)[O-])c(NC)cc1N1CC2COCC2C1. The lowest BCUT2D eigenvalue weighted by Gasteiger charge is -2.23. The molecule has 0 bridgehead atoms. The molecular formula is C16H21N3O5. The molecule has 8 nitrogen and oxygen atoms in total. The number of nitro groups is 1. The van der Waals surface area contributed by atoms with Gasteiger partial charge in [-0.2, -0.15) is 0 Å². The normalized spacial score (nSPS) is 22.3. The lowest BCUT2D eigenvalue weighted by molar-refractivity contribution is -0.384. The molecule has 130 valence electrons. The van der Waals surface area contributed by atoms with E-state index < -0.39 is 10.9 Å². The van der Waals surface area contributed by atoms with Crippen LogP contribution in [-0.4, -0.2) is 50.9 Å². The second kappa shape index (κ2) is 6.64. The van der Waals surface area contributed by atoms with Gasteiger partial charge in [0.2, 0.25) is 0 Å². The molecule has 2 fully saturated rings. The lowest BCUT2D eigenvalue weighted by atomic mass is 10.0. The fraction of sp³-hybridized carbons (Fsp3) is 0.562. The molecule has 3 rings (SSSR count). The van der Waals surface area contributed by atoms with E-state index in [1.807, 2.05) is 0 Å². The van der Waals surface area contributed by atoms with Crippen LogP contribution < -0.4 is 10.2 Å². The Bertz CT molecular complexity index is 651. The van der Waals surface area contributed by atoms with Gasteiger partial charge in [0.25, 0.3) is 5.69 Å². The molecule has 24 heavy (non-hydrogen) atoms. The number of rotatable bonds is 5. The summed E-state index contributed by atoms with van der Waals surface area (Å²) in [5.41, 5.74) is 1.17. The molecule has 8 heteroatoms. The molecule has 2 saturated heterocycles. The molecule has 2 unspecified atom stereocenters. The quantitative estimate of drug-likeness (QED) is 0.499. The Morgan fingerprint density at radius 2 is 2.08 bits per heavy atom. The molecule has 0 radical (unpaired) electrons. The fourth-order valence-corrected chi connectivity index (χ4v) is 3.45. The molecular weight excluding hydrogens is 314 g/mol. The number of nitro benzene ring substituents is 1. The van der Waals surface area contributed by atoms with Crippen molar-refractivity contribution in [2.45, 2.75) is 6.92 Å². The molecule has 0 spiro atoms. The predicted molar refractivity (Wildman–Crippen MR) is 88.6 cm³/mol. The number of ether oxygens (including phenoxy) is 2. The topological polar surface area (TPSA) is 93.9 Å². The Morgan fingerprint density at radius 3 is 2.62 bits per heavy atom. The van der Waals surface area contributed by atoms with Crippen LogP contribution in [0.1, 0.15) is 17.3 Å². The van der Waals surface area contributed by atoms with Crippen molar-refractivity contribution in [3.05, 3.63) is 27.8 Å².